The largest absolute Gasteiger partial charge is 0.461 e. The molecule has 0 radical (unpaired) electrons. The Labute approximate surface area is 228 Å². The fourth-order valence-corrected chi connectivity index (χ4v) is 5.81. The van der Waals surface area contributed by atoms with Crippen molar-refractivity contribution in [2.75, 3.05) is 0 Å². The van der Waals surface area contributed by atoms with Crippen LogP contribution in [0, 0.1) is 23.7 Å². The van der Waals surface area contributed by atoms with Gasteiger partial charge in [0.05, 0.1) is 23.5 Å². The molecule has 206 valence electrons. The van der Waals surface area contributed by atoms with E-state index in [1.165, 1.54) is 12.8 Å². The van der Waals surface area contributed by atoms with Crippen molar-refractivity contribution in [3.05, 3.63) is 71.8 Å². The molecule has 2 aromatic carbocycles. The van der Waals surface area contributed by atoms with Crippen molar-refractivity contribution in [3.8, 4) is 0 Å². The lowest BCUT2D eigenvalue weighted by molar-refractivity contribution is -0.165. The Balaban J connectivity index is 1.28. The maximum Gasteiger partial charge on any atom is 0.310 e. The second-order valence-corrected chi connectivity index (χ2v) is 11.9. The Hall–Kier alpha value is -2.66. The van der Waals surface area contributed by atoms with Gasteiger partial charge in [0, 0.05) is 0 Å². The van der Waals surface area contributed by atoms with Gasteiger partial charge in [-0.15, -0.1) is 0 Å². The van der Waals surface area contributed by atoms with Crippen molar-refractivity contribution in [2.45, 2.75) is 97.1 Å². The number of ether oxygens (including phenoxy) is 3. The van der Waals surface area contributed by atoms with Crippen LogP contribution in [0.2, 0.25) is 0 Å². The zero-order valence-corrected chi connectivity index (χ0v) is 23.3. The highest BCUT2D eigenvalue weighted by Crippen LogP contribution is 2.40. The van der Waals surface area contributed by atoms with Crippen LogP contribution in [0.25, 0.3) is 0 Å². The van der Waals surface area contributed by atoms with E-state index < -0.39 is 11.8 Å². The number of benzene rings is 2. The van der Waals surface area contributed by atoms with Gasteiger partial charge in [-0.05, 0) is 68.9 Å². The Morgan fingerprint density at radius 1 is 0.842 bits per heavy atom. The fraction of sp³-hybridized carbons (Fsp3) is 0.576. The van der Waals surface area contributed by atoms with Crippen LogP contribution < -0.4 is 0 Å². The molecule has 0 spiro atoms. The number of esters is 2. The predicted molar refractivity (Wildman–Crippen MR) is 148 cm³/mol. The van der Waals surface area contributed by atoms with Gasteiger partial charge < -0.3 is 14.2 Å². The van der Waals surface area contributed by atoms with Crippen molar-refractivity contribution in [2.24, 2.45) is 23.7 Å². The van der Waals surface area contributed by atoms with Gasteiger partial charge in [0.1, 0.15) is 13.2 Å². The normalized spacial score (nSPS) is 24.8. The zero-order valence-electron chi connectivity index (χ0n) is 23.3. The van der Waals surface area contributed by atoms with Crippen molar-refractivity contribution in [1.82, 2.24) is 0 Å². The summed E-state index contributed by atoms with van der Waals surface area (Å²) in [4.78, 5) is 26.4. The van der Waals surface area contributed by atoms with E-state index in [0.29, 0.717) is 30.8 Å². The topological polar surface area (TPSA) is 65.1 Å². The summed E-state index contributed by atoms with van der Waals surface area (Å²) >= 11 is 0. The summed E-state index contributed by atoms with van der Waals surface area (Å²) < 4.78 is 17.1. The van der Waals surface area contributed by atoms with Gasteiger partial charge in [0.2, 0.25) is 0 Å². The Kier molecular flexibility index (Phi) is 10.0. The molecule has 1 saturated heterocycles. The number of hydrogen-bond acceptors (Lipinski definition) is 5. The van der Waals surface area contributed by atoms with Gasteiger partial charge in [0.25, 0.3) is 0 Å². The molecule has 2 fully saturated rings. The number of hydrogen-bond donors (Lipinski definition) is 0. The van der Waals surface area contributed by atoms with E-state index in [0.717, 1.165) is 36.8 Å². The van der Waals surface area contributed by atoms with Crippen LogP contribution in [-0.2, 0) is 37.0 Å². The minimum atomic E-state index is -0.451. The highest BCUT2D eigenvalue weighted by Gasteiger charge is 2.47. The van der Waals surface area contributed by atoms with Crippen LogP contribution in [0.1, 0.15) is 83.3 Å². The number of rotatable bonds is 13. The molecule has 5 heteroatoms. The molecule has 2 aliphatic rings. The van der Waals surface area contributed by atoms with Crippen molar-refractivity contribution in [1.29, 1.82) is 0 Å². The third-order valence-corrected chi connectivity index (χ3v) is 8.41. The summed E-state index contributed by atoms with van der Waals surface area (Å²) in [6, 6.07) is 19.4. The van der Waals surface area contributed by atoms with Crippen molar-refractivity contribution in [3.63, 3.8) is 0 Å². The quantitative estimate of drug-likeness (QED) is 0.205. The highest BCUT2D eigenvalue weighted by atomic mass is 16.6. The smallest absolute Gasteiger partial charge is 0.310 e. The van der Waals surface area contributed by atoms with E-state index >= 15 is 0 Å². The maximum absolute atomic E-state index is 13.3. The van der Waals surface area contributed by atoms with E-state index in [-0.39, 0.29) is 30.8 Å². The lowest BCUT2D eigenvalue weighted by Crippen LogP contribution is -2.37. The van der Waals surface area contributed by atoms with Crippen LogP contribution >= 0.6 is 0 Å². The number of carbonyl (C=O) groups excluding carboxylic acids is 2. The minimum absolute atomic E-state index is 0.0741. The Morgan fingerprint density at radius 3 is 1.95 bits per heavy atom. The minimum Gasteiger partial charge on any atom is -0.461 e. The van der Waals surface area contributed by atoms with Crippen molar-refractivity contribution >= 4 is 11.9 Å². The molecule has 0 aromatic heterocycles. The lowest BCUT2D eigenvalue weighted by atomic mass is 9.72. The second-order valence-electron chi connectivity index (χ2n) is 11.9. The molecule has 5 atom stereocenters. The standard InChI is InChI=1S/C33H44O5/c1-24(17-20-30-33(2,3)38-30)11-10-16-25-18-19-28(31(34)36-22-26-12-6-4-7-13-26)29(21-25)32(35)37-23-27-14-8-5-9-15-27/h4-9,12-15,24-25,28-30H,10-11,16-23H2,1-3H3. The van der Waals surface area contributed by atoms with E-state index in [4.69, 9.17) is 14.2 Å². The summed E-state index contributed by atoms with van der Waals surface area (Å²) in [6.45, 7) is 7.12. The first-order valence-corrected chi connectivity index (χ1v) is 14.4. The highest BCUT2D eigenvalue weighted by molar-refractivity contribution is 5.82. The zero-order chi connectivity index (χ0) is 27.0. The monoisotopic (exact) mass is 520 g/mol. The van der Waals surface area contributed by atoms with Crippen LogP contribution in [0.5, 0.6) is 0 Å². The maximum atomic E-state index is 13.3. The average molecular weight is 521 g/mol. The molecule has 0 amide bonds. The second kappa shape index (κ2) is 13.4. The van der Waals surface area contributed by atoms with Gasteiger partial charge in [-0.3, -0.25) is 9.59 Å². The Bertz CT molecular complexity index is 1020. The first-order valence-electron chi connectivity index (χ1n) is 14.4. The van der Waals surface area contributed by atoms with Gasteiger partial charge >= 0.3 is 11.9 Å². The summed E-state index contributed by atoms with van der Waals surface area (Å²) in [5, 5.41) is 0. The van der Waals surface area contributed by atoms with E-state index in [9.17, 15) is 9.59 Å². The molecule has 0 bridgehead atoms. The molecule has 2 aromatic rings. The number of epoxide rings is 1. The van der Waals surface area contributed by atoms with E-state index in [2.05, 4.69) is 20.8 Å². The van der Waals surface area contributed by atoms with Gasteiger partial charge in [-0.2, -0.15) is 0 Å². The van der Waals surface area contributed by atoms with Gasteiger partial charge in [-0.25, -0.2) is 0 Å². The summed E-state index contributed by atoms with van der Waals surface area (Å²) in [7, 11) is 0. The SMILES string of the molecule is CC(CCCC1CCC(C(=O)OCc2ccccc2)C(C(=O)OCc2ccccc2)C1)CCC1OC1(C)C. The molecule has 5 unspecified atom stereocenters. The van der Waals surface area contributed by atoms with Crippen LogP contribution in [0.3, 0.4) is 0 Å². The number of carbonyl (C=O) groups is 2. The van der Waals surface area contributed by atoms with Crippen molar-refractivity contribution < 1.29 is 23.8 Å². The third-order valence-electron chi connectivity index (χ3n) is 8.41. The van der Waals surface area contributed by atoms with Gasteiger partial charge in [0.15, 0.2) is 0 Å². The molecule has 1 heterocycles. The third kappa shape index (κ3) is 8.42. The average Bonchev–Trinajstić information content (AvgIpc) is 3.56. The van der Waals surface area contributed by atoms with Gasteiger partial charge in [-0.1, -0.05) is 86.8 Å². The predicted octanol–water partition coefficient (Wildman–Crippen LogP) is 7.27. The Morgan fingerprint density at radius 2 is 1.39 bits per heavy atom. The molecule has 4 rings (SSSR count). The summed E-state index contributed by atoms with van der Waals surface area (Å²) in [6.07, 6.45) is 8.50. The first kappa shape index (κ1) is 28.4. The lowest BCUT2D eigenvalue weighted by Gasteiger charge is -2.33. The van der Waals surface area contributed by atoms with E-state index in [1.54, 1.807) is 0 Å². The molecular weight excluding hydrogens is 476 g/mol. The molecule has 1 saturated carbocycles. The molecular formula is C33H44O5. The molecule has 1 aliphatic heterocycles. The van der Waals surface area contributed by atoms with Crippen LogP contribution in [0.15, 0.2) is 60.7 Å². The first-order chi connectivity index (χ1) is 18.3. The molecule has 0 N–H and O–H groups in total. The summed E-state index contributed by atoms with van der Waals surface area (Å²) in [5.74, 6) is -0.355. The van der Waals surface area contributed by atoms with Crippen LogP contribution in [0.4, 0.5) is 0 Å². The summed E-state index contributed by atoms with van der Waals surface area (Å²) in [5.41, 5.74) is 1.97. The molecule has 1 aliphatic carbocycles. The molecule has 38 heavy (non-hydrogen) atoms. The van der Waals surface area contributed by atoms with Crippen LogP contribution in [-0.4, -0.2) is 23.6 Å². The van der Waals surface area contributed by atoms with E-state index in [1.807, 2.05) is 60.7 Å². The molecule has 5 nitrogen and oxygen atoms in total. The fourth-order valence-electron chi connectivity index (χ4n) is 5.81.